The van der Waals surface area contributed by atoms with Crippen molar-refractivity contribution in [3.63, 3.8) is 0 Å². The minimum atomic E-state index is -0.536. The normalized spacial score (nSPS) is 10.6. The average molecular weight is 463 g/mol. The maximum Gasteiger partial charge on any atom is 0.278 e. The number of aryl methyl sites for hydroxylation is 1. The number of pyridine rings is 1. The molecule has 0 aliphatic heterocycles. The third-order valence-corrected chi connectivity index (χ3v) is 4.77. The fourth-order valence-corrected chi connectivity index (χ4v) is 2.73. The van der Waals surface area contributed by atoms with Gasteiger partial charge in [-0.1, -0.05) is 0 Å². The Hall–Kier alpha value is -3.16. The van der Waals surface area contributed by atoms with Gasteiger partial charge in [0.15, 0.2) is 18.1 Å². The van der Waals surface area contributed by atoms with E-state index in [4.69, 9.17) is 14.2 Å². The van der Waals surface area contributed by atoms with Crippen molar-refractivity contribution in [3.05, 3.63) is 45.1 Å². The Morgan fingerprint density at radius 3 is 2.86 bits per heavy atom. The minimum absolute atomic E-state index is 0.000478. The van der Waals surface area contributed by atoms with Gasteiger partial charge in [0.1, 0.15) is 11.6 Å². The van der Waals surface area contributed by atoms with E-state index < -0.39 is 5.91 Å². The van der Waals surface area contributed by atoms with Crippen LogP contribution in [-0.4, -0.2) is 43.0 Å². The zero-order chi connectivity index (χ0) is 21.4. The lowest BCUT2D eigenvalue weighted by Gasteiger charge is -2.13. The second-order valence-corrected chi connectivity index (χ2v) is 6.52. The first-order valence-electron chi connectivity index (χ1n) is 8.31. The molecule has 1 aromatic heterocycles. The number of hydrazone groups is 1. The first-order chi connectivity index (χ1) is 13.9. The third-order valence-electron chi connectivity index (χ3n) is 3.71. The van der Waals surface area contributed by atoms with Gasteiger partial charge in [-0.3, -0.25) is 4.79 Å². The highest BCUT2D eigenvalue weighted by atomic mass is 79.9. The molecule has 1 amide bonds. The molecule has 2 rings (SSSR count). The summed E-state index contributed by atoms with van der Waals surface area (Å²) in [5.41, 5.74) is 4.32. The molecule has 0 unspecified atom stereocenters. The van der Waals surface area contributed by atoms with Crippen LogP contribution in [0.25, 0.3) is 0 Å². The predicted octanol–water partition coefficient (Wildman–Crippen LogP) is 2.41. The number of carbonyl (C=O) groups excluding carboxylic acids is 1. The van der Waals surface area contributed by atoms with Crippen molar-refractivity contribution in [2.24, 2.45) is 5.10 Å². The van der Waals surface area contributed by atoms with Crippen LogP contribution in [-0.2, 0) is 16.1 Å². The van der Waals surface area contributed by atoms with E-state index in [2.05, 4.69) is 31.4 Å². The van der Waals surface area contributed by atoms with E-state index >= 15 is 0 Å². The van der Waals surface area contributed by atoms with Gasteiger partial charge in [0.2, 0.25) is 5.88 Å². The maximum atomic E-state index is 12.0. The van der Waals surface area contributed by atoms with Gasteiger partial charge in [-0.2, -0.15) is 10.4 Å². The van der Waals surface area contributed by atoms with Crippen LogP contribution in [0.4, 0.5) is 0 Å². The number of nitriles is 1. The third kappa shape index (κ3) is 5.66. The van der Waals surface area contributed by atoms with Gasteiger partial charge in [0.25, 0.3) is 5.91 Å². The number of aromatic hydroxyl groups is 1. The highest BCUT2D eigenvalue weighted by Gasteiger charge is 2.18. The van der Waals surface area contributed by atoms with Crippen molar-refractivity contribution in [2.75, 3.05) is 20.8 Å². The number of halogens is 1. The zero-order valence-corrected chi connectivity index (χ0v) is 17.6. The summed E-state index contributed by atoms with van der Waals surface area (Å²) in [5, 5.41) is 22.8. The summed E-state index contributed by atoms with van der Waals surface area (Å²) in [6.45, 7) is 1.55. The highest BCUT2D eigenvalue weighted by molar-refractivity contribution is 9.10. The summed E-state index contributed by atoms with van der Waals surface area (Å²) < 4.78 is 16.2. The fraction of sp³-hybridized carbons (Fsp3) is 0.263. The molecule has 2 N–H and O–H groups in total. The molecule has 152 valence electrons. The molecule has 1 heterocycles. The Bertz CT molecular complexity index is 972. The molecule has 29 heavy (non-hydrogen) atoms. The van der Waals surface area contributed by atoms with E-state index in [0.717, 1.165) is 0 Å². The summed E-state index contributed by atoms with van der Waals surface area (Å²) in [6, 6.07) is 6.65. The summed E-state index contributed by atoms with van der Waals surface area (Å²) in [4.78, 5) is 16.2. The van der Waals surface area contributed by atoms with Gasteiger partial charge >= 0.3 is 0 Å². The topological polar surface area (TPSA) is 126 Å². The van der Waals surface area contributed by atoms with E-state index in [1.165, 1.54) is 26.5 Å². The number of nitrogens with zero attached hydrogens (tertiary/aromatic N) is 3. The Labute approximate surface area is 176 Å². The lowest BCUT2D eigenvalue weighted by atomic mass is 10.1. The predicted molar refractivity (Wildman–Crippen MR) is 108 cm³/mol. The molecule has 0 saturated heterocycles. The van der Waals surface area contributed by atoms with Gasteiger partial charge in [-0.05, 0) is 46.6 Å². The molecule has 0 atom stereocenters. The Kier molecular flexibility index (Phi) is 7.94. The van der Waals surface area contributed by atoms with Gasteiger partial charge in [0.05, 0.1) is 25.6 Å². The van der Waals surface area contributed by atoms with Crippen molar-refractivity contribution in [2.45, 2.75) is 13.5 Å². The Morgan fingerprint density at radius 2 is 2.21 bits per heavy atom. The van der Waals surface area contributed by atoms with E-state index in [0.29, 0.717) is 21.3 Å². The van der Waals surface area contributed by atoms with Crippen molar-refractivity contribution in [1.29, 1.82) is 5.26 Å². The fourth-order valence-electron chi connectivity index (χ4n) is 2.33. The molecule has 0 aliphatic carbocycles. The van der Waals surface area contributed by atoms with E-state index in [1.54, 1.807) is 19.1 Å². The second kappa shape index (κ2) is 10.4. The van der Waals surface area contributed by atoms with Crippen LogP contribution < -0.4 is 14.9 Å². The number of carbonyl (C=O) groups is 1. The number of nitrogens with one attached hydrogen (secondary N) is 1. The molecule has 0 radical (unpaired) electrons. The van der Waals surface area contributed by atoms with Gasteiger partial charge < -0.3 is 19.3 Å². The number of rotatable bonds is 8. The summed E-state index contributed by atoms with van der Waals surface area (Å²) in [7, 11) is 2.94. The number of aromatic nitrogens is 1. The number of hydrogen-bond acceptors (Lipinski definition) is 8. The molecule has 0 aliphatic rings. The van der Waals surface area contributed by atoms with Crippen LogP contribution in [0, 0.1) is 18.3 Å². The first kappa shape index (κ1) is 22.1. The van der Waals surface area contributed by atoms with Crippen molar-refractivity contribution in [1.82, 2.24) is 10.4 Å². The molecule has 10 heteroatoms. The van der Waals surface area contributed by atoms with Gasteiger partial charge in [0, 0.05) is 17.1 Å². The summed E-state index contributed by atoms with van der Waals surface area (Å²) in [6.07, 6.45) is 1.39. The lowest BCUT2D eigenvalue weighted by Crippen LogP contribution is -2.25. The van der Waals surface area contributed by atoms with E-state index in [-0.39, 0.29) is 36.2 Å². The largest absolute Gasteiger partial charge is 0.504 e. The maximum absolute atomic E-state index is 12.0. The SMILES string of the molecule is COCc1c(Br)c(C)nc(OCC(=O)N/N=C/c2ccc(O)c(OC)c2)c1C#N. The van der Waals surface area contributed by atoms with E-state index in [9.17, 15) is 15.2 Å². The van der Waals surface area contributed by atoms with Crippen molar-refractivity contribution >= 4 is 28.1 Å². The first-order valence-corrected chi connectivity index (χ1v) is 9.10. The number of phenols is 1. The monoisotopic (exact) mass is 462 g/mol. The lowest BCUT2D eigenvalue weighted by molar-refractivity contribution is -0.123. The quantitative estimate of drug-likeness (QED) is 0.455. The zero-order valence-electron chi connectivity index (χ0n) is 16.0. The highest BCUT2D eigenvalue weighted by Crippen LogP contribution is 2.30. The van der Waals surface area contributed by atoms with Crippen molar-refractivity contribution in [3.8, 4) is 23.4 Å². The summed E-state index contributed by atoms with van der Waals surface area (Å²) >= 11 is 3.39. The number of benzene rings is 1. The van der Waals surface area contributed by atoms with Gasteiger partial charge in [-0.15, -0.1) is 0 Å². The molecule has 9 nitrogen and oxygen atoms in total. The van der Waals surface area contributed by atoms with Crippen LogP contribution >= 0.6 is 15.9 Å². The second-order valence-electron chi connectivity index (χ2n) is 5.73. The summed E-state index contributed by atoms with van der Waals surface area (Å²) in [5.74, 6) is -0.203. The minimum Gasteiger partial charge on any atom is -0.504 e. The molecule has 0 saturated carbocycles. The Morgan fingerprint density at radius 1 is 1.45 bits per heavy atom. The van der Waals surface area contributed by atoms with Crippen LogP contribution in [0.1, 0.15) is 22.4 Å². The Balaban J connectivity index is 2.03. The molecule has 0 fully saturated rings. The standard InChI is InChI=1S/C19H19BrN4O5/c1-11-18(20)14(9-27-2)13(7-21)19(23-11)29-10-17(26)24-22-8-12-4-5-15(25)16(6-12)28-3/h4-6,8,25H,9-10H2,1-3H3,(H,24,26)/b22-8+. The molecule has 1 aromatic carbocycles. The van der Waals surface area contributed by atoms with E-state index in [1.807, 2.05) is 6.07 Å². The number of hydrogen-bond donors (Lipinski definition) is 2. The number of amides is 1. The van der Waals surface area contributed by atoms with Crippen LogP contribution in [0.15, 0.2) is 27.8 Å². The number of phenolic OH excluding ortho intramolecular Hbond substituents is 1. The molecule has 0 bridgehead atoms. The smallest absolute Gasteiger partial charge is 0.278 e. The molecular weight excluding hydrogens is 444 g/mol. The van der Waals surface area contributed by atoms with Crippen LogP contribution in [0.2, 0.25) is 0 Å². The molecule has 2 aromatic rings. The number of methoxy groups -OCH3 is 2. The van der Waals surface area contributed by atoms with Gasteiger partial charge in [-0.25, -0.2) is 10.4 Å². The molecule has 0 spiro atoms. The van der Waals surface area contributed by atoms with Crippen LogP contribution in [0.3, 0.4) is 0 Å². The average Bonchev–Trinajstić information content (AvgIpc) is 2.71. The van der Waals surface area contributed by atoms with Crippen LogP contribution in [0.5, 0.6) is 17.4 Å². The number of ether oxygens (including phenoxy) is 3. The molecular formula is C19H19BrN4O5. The van der Waals surface area contributed by atoms with Crippen molar-refractivity contribution < 1.29 is 24.1 Å².